The number of rotatable bonds is 4. The fourth-order valence-electron chi connectivity index (χ4n) is 1.80. The Morgan fingerprint density at radius 1 is 0.905 bits per heavy atom. The Hall–Kier alpha value is -2.95. The Bertz CT molecular complexity index is 626. The Balaban J connectivity index is 1.98. The highest BCUT2D eigenvalue weighted by atomic mass is 16.2. The van der Waals surface area contributed by atoms with Crippen molar-refractivity contribution in [2.45, 2.75) is 6.04 Å². The zero-order chi connectivity index (χ0) is 15.1. The molecule has 0 aliphatic heterocycles. The fourth-order valence-corrected chi connectivity index (χ4v) is 1.80. The van der Waals surface area contributed by atoms with E-state index < -0.39 is 18.0 Å². The molecule has 0 radical (unpaired) electrons. The number of urea groups is 1. The molecule has 0 heterocycles. The maximum Gasteiger partial charge on any atom is 0.322 e. The van der Waals surface area contributed by atoms with Gasteiger partial charge in [-0.15, -0.1) is 0 Å². The molecule has 0 fully saturated rings. The number of aldehydes is 1. The van der Waals surface area contributed by atoms with Crippen LogP contribution in [0.15, 0.2) is 60.7 Å². The molecule has 0 aliphatic rings. The Morgan fingerprint density at radius 3 is 2.05 bits per heavy atom. The maximum absolute atomic E-state index is 11.8. The van der Waals surface area contributed by atoms with E-state index in [-0.39, 0.29) is 0 Å². The first kappa shape index (κ1) is 14.5. The van der Waals surface area contributed by atoms with Crippen molar-refractivity contribution in [3.8, 4) is 0 Å². The molecule has 1 atom stereocenters. The number of carbonyl (C=O) groups is 3. The quantitative estimate of drug-likeness (QED) is 0.843. The second kappa shape index (κ2) is 7.00. The highest BCUT2D eigenvalue weighted by molar-refractivity contribution is 6.04. The summed E-state index contributed by atoms with van der Waals surface area (Å²) in [5.74, 6) is -0.522. The van der Waals surface area contributed by atoms with Crippen molar-refractivity contribution in [3.63, 3.8) is 0 Å². The predicted molar refractivity (Wildman–Crippen MR) is 77.7 cm³/mol. The summed E-state index contributed by atoms with van der Waals surface area (Å²) in [6.07, 6.45) is 0.613. The number of amides is 3. The van der Waals surface area contributed by atoms with Crippen LogP contribution in [-0.4, -0.2) is 18.2 Å². The van der Waals surface area contributed by atoms with Crippen molar-refractivity contribution in [1.82, 2.24) is 10.6 Å². The molecule has 1 unspecified atom stereocenters. The fraction of sp³-hybridized carbons (Fsp3) is 0.0625. The van der Waals surface area contributed by atoms with Gasteiger partial charge in [0.25, 0.3) is 5.91 Å². The number of carbonyl (C=O) groups excluding carboxylic acids is 3. The summed E-state index contributed by atoms with van der Waals surface area (Å²) in [5, 5.41) is 4.63. The molecule has 0 saturated carbocycles. The molecule has 5 nitrogen and oxygen atoms in total. The SMILES string of the molecule is O=CC(NC(=O)NC(=O)c1ccccc1)c1ccccc1. The Kier molecular flexibility index (Phi) is 4.82. The largest absolute Gasteiger partial charge is 0.324 e. The highest BCUT2D eigenvalue weighted by Crippen LogP contribution is 2.09. The van der Waals surface area contributed by atoms with Gasteiger partial charge in [0.2, 0.25) is 0 Å². The summed E-state index contributed by atoms with van der Waals surface area (Å²) in [7, 11) is 0. The smallest absolute Gasteiger partial charge is 0.322 e. The minimum Gasteiger partial charge on any atom is -0.324 e. The molecule has 5 heteroatoms. The minimum atomic E-state index is -0.797. The van der Waals surface area contributed by atoms with Gasteiger partial charge in [-0.25, -0.2) is 4.79 Å². The molecule has 2 N–H and O–H groups in total. The summed E-state index contributed by atoms with van der Waals surface area (Å²) >= 11 is 0. The lowest BCUT2D eigenvalue weighted by molar-refractivity contribution is -0.109. The molecule has 0 bridgehead atoms. The zero-order valence-corrected chi connectivity index (χ0v) is 11.2. The van der Waals surface area contributed by atoms with Gasteiger partial charge in [0, 0.05) is 5.56 Å². The molecule has 0 aromatic heterocycles. The van der Waals surface area contributed by atoms with Gasteiger partial charge in [-0.3, -0.25) is 10.1 Å². The van der Waals surface area contributed by atoms with Gasteiger partial charge < -0.3 is 10.1 Å². The first-order chi connectivity index (χ1) is 10.2. The molecule has 2 aromatic rings. The summed E-state index contributed by atoms with van der Waals surface area (Å²) in [6, 6.07) is 15.6. The minimum absolute atomic E-state index is 0.370. The third kappa shape index (κ3) is 4.01. The molecule has 0 aliphatic carbocycles. The number of benzene rings is 2. The normalized spacial score (nSPS) is 11.2. The van der Waals surface area contributed by atoms with Crippen LogP contribution in [0.4, 0.5) is 4.79 Å². The monoisotopic (exact) mass is 282 g/mol. The van der Waals surface area contributed by atoms with E-state index in [0.717, 1.165) is 0 Å². The summed E-state index contributed by atoms with van der Waals surface area (Å²) < 4.78 is 0. The standard InChI is InChI=1S/C16H14N2O3/c19-11-14(12-7-3-1-4-8-12)17-16(21)18-15(20)13-9-5-2-6-10-13/h1-11,14H,(H2,17,18,20,21). The number of hydrogen-bond acceptors (Lipinski definition) is 3. The average Bonchev–Trinajstić information content (AvgIpc) is 2.54. The van der Waals surface area contributed by atoms with Crippen molar-refractivity contribution < 1.29 is 14.4 Å². The molecule has 0 saturated heterocycles. The second-order valence-corrected chi connectivity index (χ2v) is 4.32. The predicted octanol–water partition coefficient (Wildman–Crippen LogP) is 2.07. The van der Waals surface area contributed by atoms with E-state index in [4.69, 9.17) is 0 Å². The molecule has 2 rings (SSSR count). The maximum atomic E-state index is 11.8. The Morgan fingerprint density at radius 2 is 1.48 bits per heavy atom. The highest BCUT2D eigenvalue weighted by Gasteiger charge is 2.15. The number of imide groups is 1. The van der Waals surface area contributed by atoms with Crippen LogP contribution in [0.5, 0.6) is 0 Å². The lowest BCUT2D eigenvalue weighted by atomic mass is 10.1. The van der Waals surface area contributed by atoms with Crippen LogP contribution < -0.4 is 10.6 Å². The van der Waals surface area contributed by atoms with Crippen LogP contribution in [0.1, 0.15) is 22.0 Å². The Labute approximate surface area is 122 Å². The van der Waals surface area contributed by atoms with Crippen molar-refractivity contribution in [3.05, 3.63) is 71.8 Å². The van der Waals surface area contributed by atoms with Gasteiger partial charge >= 0.3 is 6.03 Å². The first-order valence-electron chi connectivity index (χ1n) is 6.38. The van der Waals surface area contributed by atoms with Gasteiger partial charge in [-0.2, -0.15) is 0 Å². The van der Waals surface area contributed by atoms with E-state index >= 15 is 0 Å². The topological polar surface area (TPSA) is 75.3 Å². The van der Waals surface area contributed by atoms with Crippen LogP contribution in [0, 0.1) is 0 Å². The van der Waals surface area contributed by atoms with Crippen LogP contribution in [-0.2, 0) is 4.79 Å². The molecule has 0 spiro atoms. The van der Waals surface area contributed by atoms with E-state index in [1.165, 1.54) is 0 Å². The third-order valence-corrected chi connectivity index (χ3v) is 2.84. The molecule has 21 heavy (non-hydrogen) atoms. The van der Waals surface area contributed by atoms with Crippen LogP contribution in [0.2, 0.25) is 0 Å². The van der Waals surface area contributed by atoms with Gasteiger partial charge in [0.15, 0.2) is 0 Å². The van der Waals surface area contributed by atoms with E-state index in [0.29, 0.717) is 17.4 Å². The van der Waals surface area contributed by atoms with E-state index in [9.17, 15) is 14.4 Å². The van der Waals surface area contributed by atoms with Gasteiger partial charge in [0.05, 0.1) is 0 Å². The lowest BCUT2D eigenvalue weighted by Crippen LogP contribution is -2.41. The van der Waals surface area contributed by atoms with E-state index in [1.807, 2.05) is 6.07 Å². The van der Waals surface area contributed by atoms with Crippen molar-refractivity contribution in [2.24, 2.45) is 0 Å². The van der Waals surface area contributed by atoms with Gasteiger partial charge in [-0.1, -0.05) is 48.5 Å². The molecule has 106 valence electrons. The van der Waals surface area contributed by atoms with Crippen molar-refractivity contribution in [1.29, 1.82) is 0 Å². The van der Waals surface area contributed by atoms with Crippen LogP contribution in [0.3, 0.4) is 0 Å². The third-order valence-electron chi connectivity index (χ3n) is 2.84. The summed E-state index contributed by atoms with van der Waals surface area (Å²) in [6.45, 7) is 0. The lowest BCUT2D eigenvalue weighted by Gasteiger charge is -2.13. The van der Waals surface area contributed by atoms with Crippen molar-refractivity contribution in [2.75, 3.05) is 0 Å². The number of nitrogens with one attached hydrogen (secondary N) is 2. The number of hydrogen-bond donors (Lipinski definition) is 2. The van der Waals surface area contributed by atoms with E-state index in [2.05, 4.69) is 10.6 Å². The molecule has 2 aromatic carbocycles. The zero-order valence-electron chi connectivity index (χ0n) is 11.2. The first-order valence-corrected chi connectivity index (χ1v) is 6.38. The van der Waals surface area contributed by atoms with E-state index in [1.54, 1.807) is 54.6 Å². The molecular formula is C16H14N2O3. The van der Waals surface area contributed by atoms with Gasteiger partial charge in [0.1, 0.15) is 12.3 Å². The van der Waals surface area contributed by atoms with Crippen LogP contribution >= 0.6 is 0 Å². The van der Waals surface area contributed by atoms with Crippen LogP contribution in [0.25, 0.3) is 0 Å². The summed E-state index contributed by atoms with van der Waals surface area (Å²) in [4.78, 5) is 34.6. The molecule has 3 amide bonds. The van der Waals surface area contributed by atoms with Gasteiger partial charge in [-0.05, 0) is 17.7 Å². The second-order valence-electron chi connectivity index (χ2n) is 4.32. The van der Waals surface area contributed by atoms with Crippen molar-refractivity contribution >= 4 is 18.2 Å². The molecular weight excluding hydrogens is 268 g/mol. The summed E-state index contributed by atoms with van der Waals surface area (Å²) in [5.41, 5.74) is 1.02. The average molecular weight is 282 g/mol.